The lowest BCUT2D eigenvalue weighted by molar-refractivity contribution is -0.137. The van der Waals surface area contributed by atoms with Gasteiger partial charge < -0.3 is 20.5 Å². The average molecular weight is 563 g/mol. The van der Waals surface area contributed by atoms with Crippen LogP contribution in [-0.4, -0.2) is 51.9 Å². The molecule has 1 aliphatic rings. The second-order valence-corrected chi connectivity index (χ2v) is 11.3. The van der Waals surface area contributed by atoms with Gasteiger partial charge in [0.25, 0.3) is 5.91 Å². The molecule has 2 heterocycles. The number of nitrogens with zero attached hydrogens (tertiary/aromatic N) is 2. The summed E-state index contributed by atoms with van der Waals surface area (Å²) in [7, 11) is 0. The van der Waals surface area contributed by atoms with E-state index < -0.39 is 23.5 Å². The maximum Gasteiger partial charge on any atom is 0.250 e. The van der Waals surface area contributed by atoms with E-state index in [0.29, 0.717) is 25.9 Å². The number of hydrogen-bond donors (Lipinski definition) is 3. The van der Waals surface area contributed by atoms with E-state index in [-0.39, 0.29) is 6.04 Å². The average Bonchev–Trinajstić information content (AvgIpc) is 3.02. The molecule has 3 unspecified atom stereocenters. The SMILES string of the molecule is CC(C)NC(=O)C(O)C1CC(C=O)(c2ccccc2Nc2ccc(-c3ccccc3)cc2)CCN1Cc1ccccn1. The molecule has 4 aromatic rings. The van der Waals surface area contributed by atoms with Crippen LogP contribution in [0.2, 0.25) is 0 Å². The third-order valence-corrected chi connectivity index (χ3v) is 8.00. The second-order valence-electron chi connectivity index (χ2n) is 11.3. The van der Waals surface area contributed by atoms with Crippen molar-refractivity contribution < 1.29 is 14.7 Å². The van der Waals surface area contributed by atoms with Gasteiger partial charge in [0.2, 0.25) is 0 Å². The number of rotatable bonds is 10. The van der Waals surface area contributed by atoms with Crippen LogP contribution in [0.1, 0.15) is 37.9 Å². The van der Waals surface area contributed by atoms with Gasteiger partial charge >= 0.3 is 0 Å². The van der Waals surface area contributed by atoms with Gasteiger partial charge in [-0.25, -0.2) is 0 Å². The van der Waals surface area contributed by atoms with Crippen molar-refractivity contribution in [2.45, 2.75) is 56.8 Å². The van der Waals surface area contributed by atoms with E-state index >= 15 is 0 Å². The van der Waals surface area contributed by atoms with Crippen molar-refractivity contribution in [1.82, 2.24) is 15.2 Å². The van der Waals surface area contributed by atoms with Gasteiger partial charge in [0.15, 0.2) is 0 Å². The number of aromatic nitrogens is 1. The number of pyridine rings is 1. The zero-order valence-corrected chi connectivity index (χ0v) is 24.1. The molecule has 1 saturated heterocycles. The number of aldehydes is 1. The Bertz CT molecular complexity index is 1480. The first-order valence-electron chi connectivity index (χ1n) is 14.5. The lowest BCUT2D eigenvalue weighted by Crippen LogP contribution is -2.58. The van der Waals surface area contributed by atoms with Crippen LogP contribution in [0.3, 0.4) is 0 Å². The zero-order chi connectivity index (χ0) is 29.5. The minimum atomic E-state index is -1.30. The van der Waals surface area contributed by atoms with Crippen molar-refractivity contribution in [2.24, 2.45) is 0 Å². The molecule has 3 atom stereocenters. The van der Waals surface area contributed by atoms with Crippen LogP contribution < -0.4 is 10.6 Å². The molecule has 0 spiro atoms. The topological polar surface area (TPSA) is 94.6 Å². The Hall–Kier alpha value is -4.33. The Kier molecular flexibility index (Phi) is 9.10. The predicted octanol–water partition coefficient (Wildman–Crippen LogP) is 5.48. The predicted molar refractivity (Wildman–Crippen MR) is 166 cm³/mol. The van der Waals surface area contributed by atoms with Gasteiger partial charge in [-0.2, -0.15) is 0 Å². The van der Waals surface area contributed by atoms with Gasteiger partial charge in [-0.15, -0.1) is 0 Å². The molecule has 3 aromatic carbocycles. The number of aliphatic hydroxyl groups excluding tert-OH is 1. The van der Waals surface area contributed by atoms with Crippen molar-refractivity contribution in [3.63, 3.8) is 0 Å². The zero-order valence-electron chi connectivity index (χ0n) is 24.1. The molecule has 7 heteroatoms. The van der Waals surface area contributed by atoms with E-state index in [9.17, 15) is 14.7 Å². The van der Waals surface area contributed by atoms with Gasteiger partial charge in [-0.1, -0.05) is 66.7 Å². The highest BCUT2D eigenvalue weighted by Gasteiger charge is 2.46. The number of aliphatic hydroxyl groups is 1. The molecule has 42 heavy (non-hydrogen) atoms. The van der Waals surface area contributed by atoms with Crippen LogP contribution in [0.5, 0.6) is 0 Å². The fourth-order valence-electron chi connectivity index (χ4n) is 5.84. The second kappa shape index (κ2) is 13.1. The van der Waals surface area contributed by atoms with Crippen LogP contribution in [0.15, 0.2) is 103 Å². The lowest BCUT2D eigenvalue weighted by Gasteiger charge is -2.46. The van der Waals surface area contributed by atoms with Crippen molar-refractivity contribution in [3.05, 3.63) is 115 Å². The fraction of sp³-hybridized carbons (Fsp3) is 0.286. The van der Waals surface area contributed by atoms with Crippen molar-refractivity contribution in [1.29, 1.82) is 0 Å². The smallest absolute Gasteiger partial charge is 0.250 e. The molecule has 7 nitrogen and oxygen atoms in total. The van der Waals surface area contributed by atoms with Crippen LogP contribution >= 0.6 is 0 Å². The first-order valence-corrected chi connectivity index (χ1v) is 14.5. The van der Waals surface area contributed by atoms with E-state index in [1.54, 1.807) is 6.20 Å². The maximum absolute atomic E-state index is 13.0. The largest absolute Gasteiger partial charge is 0.382 e. The first-order chi connectivity index (χ1) is 20.4. The summed E-state index contributed by atoms with van der Waals surface area (Å²) in [6.07, 6.45) is 2.28. The highest BCUT2D eigenvalue weighted by molar-refractivity contribution is 5.82. The summed E-state index contributed by atoms with van der Waals surface area (Å²) < 4.78 is 0. The van der Waals surface area contributed by atoms with E-state index in [4.69, 9.17) is 0 Å². The number of anilines is 2. The van der Waals surface area contributed by atoms with E-state index in [1.165, 1.54) is 0 Å². The van der Waals surface area contributed by atoms with Crippen LogP contribution in [0.25, 0.3) is 11.1 Å². The summed E-state index contributed by atoms with van der Waals surface area (Å²) in [5, 5.41) is 17.7. The molecule has 0 bridgehead atoms. The molecular formula is C35H38N4O3. The van der Waals surface area contributed by atoms with E-state index in [2.05, 4.69) is 44.8 Å². The minimum absolute atomic E-state index is 0.117. The summed E-state index contributed by atoms with van der Waals surface area (Å²) in [4.78, 5) is 32.6. The number of benzene rings is 3. The van der Waals surface area contributed by atoms with E-state index in [0.717, 1.165) is 40.0 Å². The molecule has 5 rings (SSSR count). The number of carbonyl (C=O) groups excluding carboxylic acids is 2. The Morgan fingerprint density at radius 3 is 2.36 bits per heavy atom. The molecule has 1 fully saturated rings. The monoisotopic (exact) mass is 562 g/mol. The third kappa shape index (κ3) is 6.59. The number of likely N-dealkylation sites (tertiary alicyclic amines) is 1. The molecule has 0 saturated carbocycles. The maximum atomic E-state index is 13.0. The lowest BCUT2D eigenvalue weighted by atomic mass is 9.69. The number of para-hydroxylation sites is 1. The summed E-state index contributed by atoms with van der Waals surface area (Å²) in [5.41, 5.74) is 4.81. The summed E-state index contributed by atoms with van der Waals surface area (Å²) in [6.45, 7) is 4.72. The summed E-state index contributed by atoms with van der Waals surface area (Å²) in [6, 6.07) is 31.3. The molecule has 0 radical (unpaired) electrons. The summed E-state index contributed by atoms with van der Waals surface area (Å²) in [5.74, 6) is -0.437. The van der Waals surface area contributed by atoms with Gasteiger partial charge in [-0.05, 0) is 73.7 Å². The van der Waals surface area contributed by atoms with Crippen molar-refractivity contribution >= 4 is 23.6 Å². The van der Waals surface area contributed by atoms with Gasteiger partial charge in [0.05, 0.1) is 11.1 Å². The van der Waals surface area contributed by atoms with E-state index in [1.807, 2.05) is 86.6 Å². The number of amides is 1. The molecular weight excluding hydrogens is 524 g/mol. The molecule has 3 N–H and O–H groups in total. The van der Waals surface area contributed by atoms with Crippen molar-refractivity contribution in [2.75, 3.05) is 11.9 Å². The van der Waals surface area contributed by atoms with Gasteiger partial charge in [-0.3, -0.25) is 14.7 Å². The fourth-order valence-corrected chi connectivity index (χ4v) is 5.84. The van der Waals surface area contributed by atoms with Gasteiger partial charge in [0, 0.05) is 42.7 Å². The Balaban J connectivity index is 1.43. The highest BCUT2D eigenvalue weighted by atomic mass is 16.3. The molecule has 1 aromatic heterocycles. The van der Waals surface area contributed by atoms with Crippen LogP contribution in [0, 0.1) is 0 Å². The molecule has 1 amide bonds. The first kappa shape index (κ1) is 29.2. The number of piperidine rings is 1. The standard InChI is InChI=1S/C35H38N4O3/c1-25(2)37-34(42)33(41)32-22-35(24-40,19-21-39(32)23-29-12-8-9-20-36-29)30-13-6-7-14-31(30)38-28-17-15-27(16-18-28)26-10-4-3-5-11-26/h3-18,20,24-25,32-33,38,41H,19,21-23H2,1-2H3,(H,37,42). The Labute approximate surface area is 247 Å². The number of carbonyl (C=O) groups is 2. The Morgan fingerprint density at radius 2 is 1.67 bits per heavy atom. The van der Waals surface area contributed by atoms with Crippen LogP contribution in [0.4, 0.5) is 11.4 Å². The summed E-state index contributed by atoms with van der Waals surface area (Å²) >= 11 is 0. The Morgan fingerprint density at radius 1 is 0.976 bits per heavy atom. The van der Waals surface area contributed by atoms with Gasteiger partial charge in [0.1, 0.15) is 12.4 Å². The van der Waals surface area contributed by atoms with Crippen molar-refractivity contribution in [3.8, 4) is 11.1 Å². The molecule has 1 aliphatic heterocycles. The third-order valence-electron chi connectivity index (χ3n) is 8.00. The quantitative estimate of drug-likeness (QED) is 0.222. The van der Waals surface area contributed by atoms with Crippen LogP contribution in [-0.2, 0) is 21.5 Å². The number of hydrogen-bond acceptors (Lipinski definition) is 6. The highest BCUT2D eigenvalue weighted by Crippen LogP contribution is 2.42. The number of nitrogens with one attached hydrogen (secondary N) is 2. The minimum Gasteiger partial charge on any atom is -0.382 e. The molecule has 0 aliphatic carbocycles. The normalized spacial score (nSPS) is 19.7. The molecule has 216 valence electrons.